The summed E-state index contributed by atoms with van der Waals surface area (Å²) < 4.78 is 0. The fraction of sp³-hybridized carbons (Fsp3) is 0.600. The van der Waals surface area contributed by atoms with Crippen molar-refractivity contribution >= 4 is 12.3 Å². The summed E-state index contributed by atoms with van der Waals surface area (Å²) >= 11 is 0. The van der Waals surface area contributed by atoms with Crippen LogP contribution in [0, 0.1) is 0 Å². The van der Waals surface area contributed by atoms with Crippen LogP contribution in [0.1, 0.15) is 19.3 Å². The third-order valence-electron chi connectivity index (χ3n) is 0.713. The molecule has 0 saturated carbocycles. The van der Waals surface area contributed by atoms with E-state index in [1.54, 1.807) is 0 Å². The minimum Gasteiger partial charge on any atom is -0.481 e. The van der Waals surface area contributed by atoms with Crippen molar-refractivity contribution in [3.63, 3.8) is 0 Å². The van der Waals surface area contributed by atoms with Crippen LogP contribution in [0.4, 0.5) is 0 Å². The molecule has 0 fully saturated rings. The quantitative estimate of drug-likeness (QED) is 0.605. The summed E-state index contributed by atoms with van der Waals surface area (Å²) in [6, 6.07) is 0. The number of carboxylic acid groups (broad SMARTS) is 1. The minimum atomic E-state index is -0.841. The smallest absolute Gasteiger partial charge is 0.303 e. The van der Waals surface area contributed by atoms with Gasteiger partial charge >= 0.3 is 5.97 Å². The Morgan fingerprint density at radius 3 is 2.44 bits per heavy atom. The molecule has 0 rings (SSSR count). The number of hydrogen-bond donors (Lipinski definition) is 1. The Morgan fingerprint density at radius 2 is 2.11 bits per heavy atom. The number of hydrogen-bond acceptors (Lipinski definition) is 2. The van der Waals surface area contributed by atoms with Gasteiger partial charge in [0.05, 0.1) is 0 Å². The molecule has 0 atom stereocenters. The molecule has 3 nitrogen and oxygen atoms in total. The fourth-order valence-electron chi connectivity index (χ4n) is 0.337. The number of carbonyl (C=O) groups is 2. The van der Waals surface area contributed by atoms with Crippen molar-refractivity contribution in [2.45, 2.75) is 19.3 Å². The first kappa shape index (κ1) is 11.6. The average molecular weight is 311 g/mol. The van der Waals surface area contributed by atoms with Gasteiger partial charge in [0.2, 0.25) is 0 Å². The Kier molecular flexibility index (Phi) is 10.1. The molecule has 0 aliphatic rings. The van der Waals surface area contributed by atoms with Gasteiger partial charge in [-0.05, 0) is 6.42 Å². The molecule has 0 aliphatic carbocycles. The Balaban J connectivity index is 0. The summed E-state index contributed by atoms with van der Waals surface area (Å²) in [4.78, 5) is 19.4. The number of aliphatic carboxylic acids is 1. The number of carboxylic acids is 1. The van der Waals surface area contributed by atoms with Crippen LogP contribution in [0.2, 0.25) is 0 Å². The monoisotopic (exact) mass is 311 g/mol. The summed E-state index contributed by atoms with van der Waals surface area (Å²) in [6.07, 6.45) is 1.63. The van der Waals surface area contributed by atoms with E-state index >= 15 is 0 Å². The molecule has 0 bridgehead atoms. The second-order valence-electron chi connectivity index (χ2n) is 1.45. The standard InChI is InChI=1S/C5H8O3.Pt/c6-4-2-1-3-5(7)8;/h4H,1-3H2,(H,7,8);. The molecule has 1 N–H and O–H groups in total. The van der Waals surface area contributed by atoms with E-state index < -0.39 is 5.97 Å². The molecule has 0 amide bonds. The molecule has 56 valence electrons. The zero-order chi connectivity index (χ0) is 6.41. The number of carbonyl (C=O) groups excluding carboxylic acids is 1. The van der Waals surface area contributed by atoms with E-state index in [-0.39, 0.29) is 27.5 Å². The summed E-state index contributed by atoms with van der Waals surface area (Å²) in [5.41, 5.74) is 0. The molecule has 0 aliphatic heterocycles. The minimum absolute atomic E-state index is 0. The molecule has 0 radical (unpaired) electrons. The molecule has 9 heavy (non-hydrogen) atoms. The zero-order valence-electron chi connectivity index (χ0n) is 4.78. The first-order chi connectivity index (χ1) is 3.77. The molecule has 4 heteroatoms. The first-order valence-corrected chi connectivity index (χ1v) is 2.43. The molecule has 0 spiro atoms. The number of aldehydes is 1. The second-order valence-corrected chi connectivity index (χ2v) is 1.45. The normalized spacial score (nSPS) is 7.56. The fourth-order valence-corrected chi connectivity index (χ4v) is 0.337. The molecular weight excluding hydrogens is 303 g/mol. The molecule has 0 aromatic heterocycles. The van der Waals surface area contributed by atoms with E-state index in [2.05, 4.69) is 0 Å². The van der Waals surface area contributed by atoms with Crippen LogP contribution in [0.25, 0.3) is 0 Å². The predicted octanol–water partition coefficient (Wildman–Crippen LogP) is 0.438. The summed E-state index contributed by atoms with van der Waals surface area (Å²) in [7, 11) is 0. The van der Waals surface area contributed by atoms with Gasteiger partial charge in [0, 0.05) is 33.9 Å². The number of rotatable bonds is 4. The van der Waals surface area contributed by atoms with Crippen molar-refractivity contribution in [2.75, 3.05) is 0 Å². The van der Waals surface area contributed by atoms with Crippen molar-refractivity contribution in [3.8, 4) is 0 Å². The van der Waals surface area contributed by atoms with Gasteiger partial charge in [0.25, 0.3) is 0 Å². The van der Waals surface area contributed by atoms with Gasteiger partial charge in [-0.1, -0.05) is 0 Å². The van der Waals surface area contributed by atoms with Gasteiger partial charge in [0.15, 0.2) is 0 Å². The van der Waals surface area contributed by atoms with Crippen LogP contribution in [0.15, 0.2) is 0 Å². The largest absolute Gasteiger partial charge is 0.481 e. The van der Waals surface area contributed by atoms with Crippen molar-refractivity contribution in [3.05, 3.63) is 0 Å². The Bertz CT molecular complexity index is 92.2. The summed E-state index contributed by atoms with van der Waals surface area (Å²) in [6.45, 7) is 0. The van der Waals surface area contributed by atoms with Crippen LogP contribution >= 0.6 is 0 Å². The van der Waals surface area contributed by atoms with Crippen molar-refractivity contribution < 1.29 is 35.8 Å². The van der Waals surface area contributed by atoms with Gasteiger partial charge in [-0.2, -0.15) is 0 Å². The Morgan fingerprint density at radius 1 is 1.56 bits per heavy atom. The molecule has 0 saturated heterocycles. The topological polar surface area (TPSA) is 54.4 Å². The van der Waals surface area contributed by atoms with Crippen LogP contribution in [-0.4, -0.2) is 17.4 Å². The van der Waals surface area contributed by atoms with Crippen LogP contribution in [0.3, 0.4) is 0 Å². The third-order valence-corrected chi connectivity index (χ3v) is 0.713. The van der Waals surface area contributed by atoms with E-state index in [9.17, 15) is 9.59 Å². The first-order valence-electron chi connectivity index (χ1n) is 2.43. The van der Waals surface area contributed by atoms with Gasteiger partial charge in [-0.15, -0.1) is 0 Å². The van der Waals surface area contributed by atoms with Gasteiger partial charge in [0.1, 0.15) is 6.29 Å². The van der Waals surface area contributed by atoms with E-state index in [1.807, 2.05) is 0 Å². The SMILES string of the molecule is O=CCCCC(=O)O.[Pt]. The predicted molar refractivity (Wildman–Crippen MR) is 27.6 cm³/mol. The van der Waals surface area contributed by atoms with Gasteiger partial charge < -0.3 is 9.90 Å². The second kappa shape index (κ2) is 7.83. The van der Waals surface area contributed by atoms with E-state index in [1.165, 1.54) is 0 Å². The molecule has 0 aromatic rings. The van der Waals surface area contributed by atoms with Crippen LogP contribution < -0.4 is 0 Å². The van der Waals surface area contributed by atoms with Crippen LogP contribution in [-0.2, 0) is 30.7 Å². The van der Waals surface area contributed by atoms with Gasteiger partial charge in [-0.3, -0.25) is 4.79 Å². The van der Waals surface area contributed by atoms with E-state index in [4.69, 9.17) is 5.11 Å². The van der Waals surface area contributed by atoms with E-state index in [0.29, 0.717) is 12.8 Å². The zero-order valence-corrected chi connectivity index (χ0v) is 7.05. The summed E-state index contributed by atoms with van der Waals surface area (Å²) in [5, 5.41) is 8.02. The Hall–Kier alpha value is -0.172. The number of unbranched alkanes of at least 4 members (excludes halogenated alkanes) is 1. The molecule has 0 heterocycles. The maximum absolute atomic E-state index is 9.76. The van der Waals surface area contributed by atoms with Crippen molar-refractivity contribution in [1.29, 1.82) is 0 Å². The van der Waals surface area contributed by atoms with E-state index in [0.717, 1.165) is 6.29 Å². The third kappa shape index (κ3) is 11.4. The maximum atomic E-state index is 9.76. The van der Waals surface area contributed by atoms with Crippen LogP contribution in [0.5, 0.6) is 0 Å². The van der Waals surface area contributed by atoms with Crippen molar-refractivity contribution in [1.82, 2.24) is 0 Å². The maximum Gasteiger partial charge on any atom is 0.303 e. The summed E-state index contributed by atoms with van der Waals surface area (Å²) in [5.74, 6) is -0.841. The average Bonchev–Trinajstić information content (AvgIpc) is 1.66. The molecular formula is C5H8O3Pt. The van der Waals surface area contributed by atoms with Gasteiger partial charge in [-0.25, -0.2) is 0 Å². The molecule has 0 aromatic carbocycles. The Labute approximate surface area is 67.7 Å². The molecule has 0 unspecified atom stereocenters. The van der Waals surface area contributed by atoms with Crippen molar-refractivity contribution in [2.24, 2.45) is 0 Å².